The summed E-state index contributed by atoms with van der Waals surface area (Å²) < 4.78 is 1.35. The number of carboxylic acids is 1. The maximum absolute atomic E-state index is 12.4. The molecule has 2 aromatic heterocycles. The van der Waals surface area contributed by atoms with Crippen molar-refractivity contribution in [2.45, 2.75) is 38.6 Å². The Morgan fingerprint density at radius 1 is 1.30 bits per heavy atom. The van der Waals surface area contributed by atoms with E-state index in [4.69, 9.17) is 10.4 Å². The average molecular weight is 412 g/mol. The van der Waals surface area contributed by atoms with Crippen molar-refractivity contribution in [2.24, 2.45) is 5.92 Å². The van der Waals surface area contributed by atoms with Crippen LogP contribution < -0.4 is 4.90 Å². The molecule has 0 aromatic carbocycles. The van der Waals surface area contributed by atoms with E-state index in [1.54, 1.807) is 17.2 Å². The maximum Gasteiger partial charge on any atom is 0.303 e. The third kappa shape index (κ3) is 4.25. The number of nitrogens with zero attached hydrogens (tertiary/aromatic N) is 6. The Morgan fingerprint density at radius 3 is 2.77 bits per heavy atom. The monoisotopic (exact) mass is 412 g/mol. The summed E-state index contributed by atoms with van der Waals surface area (Å²) in [5, 5.41) is 18.3. The molecule has 1 N–H and O–H groups in total. The summed E-state index contributed by atoms with van der Waals surface area (Å²) in [7, 11) is 1.89. The smallest absolute Gasteiger partial charge is 0.303 e. The van der Waals surface area contributed by atoms with Crippen LogP contribution in [0, 0.1) is 17.2 Å². The Hall–Kier alpha value is -3.48. The summed E-state index contributed by atoms with van der Waals surface area (Å²) in [6.07, 6.45) is 3.26. The average Bonchev–Trinajstić information content (AvgIpc) is 3.16. The summed E-state index contributed by atoms with van der Waals surface area (Å²) in [6.45, 7) is 3.23. The number of likely N-dealkylation sites (N-methyl/N-ethyl adjacent to an activating group) is 1. The van der Waals surface area contributed by atoms with Gasteiger partial charge in [-0.2, -0.15) is 5.26 Å². The number of amides is 1. The third-order valence-electron chi connectivity index (χ3n) is 5.61. The highest BCUT2D eigenvalue weighted by Gasteiger charge is 2.32. The van der Waals surface area contributed by atoms with Crippen molar-refractivity contribution >= 4 is 34.6 Å². The van der Waals surface area contributed by atoms with E-state index in [-0.39, 0.29) is 37.1 Å². The van der Waals surface area contributed by atoms with Crippen molar-refractivity contribution in [1.29, 1.82) is 5.26 Å². The van der Waals surface area contributed by atoms with Gasteiger partial charge < -0.3 is 14.9 Å². The molecular weight excluding hydrogens is 388 g/mol. The van der Waals surface area contributed by atoms with E-state index in [9.17, 15) is 14.4 Å². The van der Waals surface area contributed by atoms with Crippen molar-refractivity contribution in [2.75, 3.05) is 25.0 Å². The summed E-state index contributed by atoms with van der Waals surface area (Å²) in [5.41, 5.74) is 0.420. The van der Waals surface area contributed by atoms with Crippen LogP contribution in [-0.2, 0) is 9.59 Å². The molecule has 0 spiro atoms. The molecule has 3 heterocycles. The SMILES string of the molecule is C[C@@H]1CCN(C(=O)CC#N)CC1N(C)c1ncnc2c1ccn2C(=O)CCC(=O)O. The third-order valence-corrected chi connectivity index (χ3v) is 5.61. The fraction of sp³-hybridized carbons (Fsp3) is 0.500. The minimum absolute atomic E-state index is 0.00875. The molecule has 10 heteroatoms. The molecule has 0 saturated carbocycles. The number of carbonyl (C=O) groups is 3. The van der Waals surface area contributed by atoms with Gasteiger partial charge in [0.1, 0.15) is 18.6 Å². The van der Waals surface area contributed by atoms with E-state index in [0.29, 0.717) is 35.9 Å². The first-order valence-electron chi connectivity index (χ1n) is 9.78. The Balaban J connectivity index is 1.87. The molecule has 10 nitrogen and oxygen atoms in total. The minimum atomic E-state index is -1.03. The molecule has 1 saturated heterocycles. The lowest BCUT2D eigenvalue weighted by Crippen LogP contribution is -2.52. The molecule has 2 atom stereocenters. The van der Waals surface area contributed by atoms with Crippen LogP contribution in [-0.4, -0.2) is 68.5 Å². The van der Waals surface area contributed by atoms with Crippen LogP contribution in [0.5, 0.6) is 0 Å². The normalized spacial score (nSPS) is 18.8. The molecule has 158 valence electrons. The van der Waals surface area contributed by atoms with E-state index in [0.717, 1.165) is 6.42 Å². The van der Waals surface area contributed by atoms with E-state index < -0.39 is 5.97 Å². The summed E-state index contributed by atoms with van der Waals surface area (Å²) in [6, 6.07) is 3.64. The van der Waals surface area contributed by atoms with Gasteiger partial charge in [-0.15, -0.1) is 0 Å². The molecule has 30 heavy (non-hydrogen) atoms. The Bertz CT molecular complexity index is 1010. The number of hydrogen-bond donors (Lipinski definition) is 1. The number of carbonyl (C=O) groups excluding carboxylic acids is 2. The van der Waals surface area contributed by atoms with Crippen LogP contribution >= 0.6 is 0 Å². The zero-order valence-corrected chi connectivity index (χ0v) is 17.0. The number of aromatic nitrogens is 3. The van der Waals surface area contributed by atoms with Crippen LogP contribution in [0.15, 0.2) is 18.6 Å². The number of fused-ring (bicyclic) bond motifs is 1. The molecule has 0 aliphatic carbocycles. The highest BCUT2D eigenvalue weighted by atomic mass is 16.4. The second-order valence-corrected chi connectivity index (χ2v) is 7.53. The molecule has 2 aromatic rings. The van der Waals surface area contributed by atoms with E-state index in [1.165, 1.54) is 10.9 Å². The van der Waals surface area contributed by atoms with Crippen molar-refractivity contribution in [3.05, 3.63) is 18.6 Å². The molecule has 1 amide bonds. The fourth-order valence-corrected chi connectivity index (χ4v) is 3.87. The molecule has 0 bridgehead atoms. The van der Waals surface area contributed by atoms with Crippen LogP contribution in [0.25, 0.3) is 11.0 Å². The first-order chi connectivity index (χ1) is 14.3. The van der Waals surface area contributed by atoms with E-state index in [1.807, 2.05) is 18.0 Å². The predicted octanol–water partition coefficient (Wildman–Crippen LogP) is 1.52. The van der Waals surface area contributed by atoms with Gasteiger partial charge in [-0.05, 0) is 18.4 Å². The molecule has 1 aliphatic rings. The van der Waals surface area contributed by atoms with Crippen LogP contribution in [0.1, 0.15) is 37.4 Å². The second-order valence-electron chi connectivity index (χ2n) is 7.53. The zero-order chi connectivity index (χ0) is 21.8. The summed E-state index contributed by atoms with van der Waals surface area (Å²) >= 11 is 0. The summed E-state index contributed by atoms with van der Waals surface area (Å²) in [5.74, 6) is -0.622. The number of nitriles is 1. The van der Waals surface area contributed by atoms with E-state index in [2.05, 4.69) is 16.9 Å². The maximum atomic E-state index is 12.4. The summed E-state index contributed by atoms with van der Waals surface area (Å²) in [4.78, 5) is 47.7. The Morgan fingerprint density at radius 2 is 2.07 bits per heavy atom. The van der Waals surface area contributed by atoms with Gasteiger partial charge in [-0.1, -0.05) is 6.92 Å². The van der Waals surface area contributed by atoms with Crippen molar-refractivity contribution in [3.8, 4) is 6.07 Å². The highest BCUT2D eigenvalue weighted by molar-refractivity contribution is 5.96. The first kappa shape index (κ1) is 21.2. The van der Waals surface area contributed by atoms with Gasteiger partial charge >= 0.3 is 5.97 Å². The van der Waals surface area contributed by atoms with Gasteiger partial charge in [0, 0.05) is 32.8 Å². The van der Waals surface area contributed by atoms with Crippen LogP contribution in [0.2, 0.25) is 0 Å². The standard InChI is InChI=1S/C20H24N6O4/c1-13-6-9-25(16(27)5-8-21)11-15(13)24(2)19-14-7-10-26(20(14)23-12-22-19)17(28)3-4-18(29)30/h7,10,12-13,15H,3-6,9,11H2,1-2H3,(H,29,30)/t13-,15?/m1/s1. The van der Waals surface area contributed by atoms with E-state index >= 15 is 0 Å². The molecule has 1 unspecified atom stereocenters. The molecule has 1 fully saturated rings. The lowest BCUT2D eigenvalue weighted by molar-refractivity contribution is -0.137. The number of piperidine rings is 1. The number of likely N-dealkylation sites (tertiary alicyclic amines) is 1. The van der Waals surface area contributed by atoms with Crippen molar-refractivity contribution in [1.82, 2.24) is 19.4 Å². The fourth-order valence-electron chi connectivity index (χ4n) is 3.87. The first-order valence-corrected chi connectivity index (χ1v) is 9.78. The quantitative estimate of drug-likeness (QED) is 0.755. The van der Waals surface area contributed by atoms with Gasteiger partial charge in [-0.3, -0.25) is 19.0 Å². The highest BCUT2D eigenvalue weighted by Crippen LogP contribution is 2.29. The van der Waals surface area contributed by atoms with Crippen LogP contribution in [0.4, 0.5) is 5.82 Å². The topological polar surface area (TPSA) is 132 Å². The number of rotatable bonds is 6. The van der Waals surface area contributed by atoms with Crippen molar-refractivity contribution < 1.29 is 19.5 Å². The Labute approximate surface area is 173 Å². The zero-order valence-electron chi connectivity index (χ0n) is 17.0. The number of aliphatic carboxylic acids is 1. The van der Waals surface area contributed by atoms with Crippen LogP contribution in [0.3, 0.4) is 0 Å². The second kappa shape index (κ2) is 8.90. The van der Waals surface area contributed by atoms with Gasteiger partial charge in [0.05, 0.1) is 23.9 Å². The predicted molar refractivity (Wildman–Crippen MR) is 108 cm³/mol. The van der Waals surface area contributed by atoms with Gasteiger partial charge in [-0.25, -0.2) is 9.97 Å². The lowest BCUT2D eigenvalue weighted by Gasteiger charge is -2.42. The molecule has 1 aliphatic heterocycles. The molecule has 0 radical (unpaired) electrons. The number of carboxylic acid groups (broad SMARTS) is 1. The minimum Gasteiger partial charge on any atom is -0.481 e. The van der Waals surface area contributed by atoms with Gasteiger partial charge in [0.15, 0.2) is 5.65 Å². The van der Waals surface area contributed by atoms with Crippen molar-refractivity contribution in [3.63, 3.8) is 0 Å². The number of anilines is 1. The Kier molecular flexibility index (Phi) is 6.30. The van der Waals surface area contributed by atoms with Gasteiger partial charge in [0.2, 0.25) is 11.8 Å². The number of hydrogen-bond acceptors (Lipinski definition) is 7. The molecule has 3 rings (SSSR count). The largest absolute Gasteiger partial charge is 0.481 e. The molecular formula is C20H24N6O4. The lowest BCUT2D eigenvalue weighted by atomic mass is 9.92. The van der Waals surface area contributed by atoms with Gasteiger partial charge in [0.25, 0.3) is 0 Å².